The van der Waals surface area contributed by atoms with Gasteiger partial charge < -0.3 is 0 Å². The molecule has 0 saturated heterocycles. The Balaban J connectivity index is 1.48. The lowest BCUT2D eigenvalue weighted by Gasteiger charge is -2.03. The third-order valence-corrected chi connectivity index (χ3v) is 5.57. The molecule has 0 unspecified atom stereocenters. The maximum atomic E-state index is 11.9. The van der Waals surface area contributed by atoms with Gasteiger partial charge in [-0.1, -0.05) is 60.7 Å². The zero-order valence-corrected chi connectivity index (χ0v) is 15.3. The molecule has 4 heteroatoms. The molecular weight excluding hydrogens is 336 g/mol. The van der Waals surface area contributed by atoms with E-state index in [4.69, 9.17) is 0 Å². The summed E-state index contributed by atoms with van der Waals surface area (Å²) in [5.41, 5.74) is 1.58. The second kappa shape index (κ2) is 11.1. The molecule has 0 bridgehead atoms. The molecule has 2 nitrogen and oxygen atoms in total. The molecule has 2 aromatic carbocycles. The highest BCUT2D eigenvalue weighted by molar-refractivity contribution is 8.00. The molecule has 2 rings (SSSR count). The third-order valence-electron chi connectivity index (χ3n) is 3.49. The average Bonchev–Trinajstić information content (AvgIpc) is 2.65. The fraction of sp³-hybridized carbons (Fsp3) is 0.300. The van der Waals surface area contributed by atoms with Crippen LogP contribution in [0.15, 0.2) is 60.7 Å². The lowest BCUT2D eigenvalue weighted by Crippen LogP contribution is -2.03. The largest absolute Gasteiger partial charge is 0.293 e. The molecule has 0 N–H and O–H groups in total. The van der Waals surface area contributed by atoms with Crippen LogP contribution in [0.3, 0.4) is 0 Å². The predicted octanol–water partition coefficient (Wildman–Crippen LogP) is 5.00. The van der Waals surface area contributed by atoms with Crippen LogP contribution in [-0.2, 0) is 0 Å². The molecule has 0 amide bonds. The van der Waals surface area contributed by atoms with Crippen LogP contribution in [0, 0.1) is 0 Å². The first-order valence-electron chi connectivity index (χ1n) is 8.09. The highest BCUT2D eigenvalue weighted by Crippen LogP contribution is 2.13. The number of carbonyl (C=O) groups is 2. The molecule has 126 valence electrons. The number of Topliss-reactive ketones (excluding diaryl/α,β-unsaturated/α-hetero) is 2. The molecule has 0 spiro atoms. The summed E-state index contributed by atoms with van der Waals surface area (Å²) < 4.78 is 0. The van der Waals surface area contributed by atoms with Crippen LogP contribution in [0.2, 0.25) is 0 Å². The number of carbonyl (C=O) groups excluding carboxylic acids is 2. The summed E-state index contributed by atoms with van der Waals surface area (Å²) in [6.45, 7) is 0. The van der Waals surface area contributed by atoms with Gasteiger partial charge in [-0.05, 0) is 24.3 Å². The second-order valence-corrected chi connectivity index (χ2v) is 7.60. The Morgan fingerprint density at radius 1 is 0.625 bits per heavy atom. The van der Waals surface area contributed by atoms with E-state index in [0.29, 0.717) is 11.5 Å². The SMILES string of the molecule is O=C(CSCCCCSCC(=O)c1ccccc1)c1ccccc1. The summed E-state index contributed by atoms with van der Waals surface area (Å²) in [7, 11) is 0. The van der Waals surface area contributed by atoms with Crippen molar-refractivity contribution in [2.45, 2.75) is 12.8 Å². The highest BCUT2D eigenvalue weighted by Gasteiger charge is 2.06. The normalized spacial score (nSPS) is 10.5. The van der Waals surface area contributed by atoms with Crippen molar-refractivity contribution in [3.05, 3.63) is 71.8 Å². The molecule has 2 aromatic rings. The van der Waals surface area contributed by atoms with Gasteiger partial charge in [-0.15, -0.1) is 0 Å². The minimum atomic E-state index is 0.198. The second-order valence-electron chi connectivity index (χ2n) is 5.39. The van der Waals surface area contributed by atoms with E-state index in [1.807, 2.05) is 60.7 Å². The summed E-state index contributed by atoms with van der Waals surface area (Å²) in [6, 6.07) is 18.9. The zero-order chi connectivity index (χ0) is 17.0. The maximum absolute atomic E-state index is 11.9. The van der Waals surface area contributed by atoms with Gasteiger partial charge in [-0.3, -0.25) is 9.59 Å². The molecule has 0 aliphatic carbocycles. The van der Waals surface area contributed by atoms with Crippen molar-refractivity contribution in [2.24, 2.45) is 0 Å². The van der Waals surface area contributed by atoms with Crippen molar-refractivity contribution in [1.29, 1.82) is 0 Å². The minimum absolute atomic E-state index is 0.198. The van der Waals surface area contributed by atoms with Crippen molar-refractivity contribution in [2.75, 3.05) is 23.0 Å². The van der Waals surface area contributed by atoms with Gasteiger partial charge in [0.25, 0.3) is 0 Å². The van der Waals surface area contributed by atoms with Gasteiger partial charge in [0.15, 0.2) is 11.6 Å². The quantitative estimate of drug-likeness (QED) is 0.418. The van der Waals surface area contributed by atoms with Crippen LogP contribution in [0.5, 0.6) is 0 Å². The van der Waals surface area contributed by atoms with Gasteiger partial charge in [0.05, 0.1) is 11.5 Å². The summed E-state index contributed by atoms with van der Waals surface area (Å²) in [4.78, 5) is 23.9. The molecule has 0 aromatic heterocycles. The molecule has 0 atom stereocenters. The molecule has 0 aliphatic heterocycles. The standard InChI is InChI=1S/C20H22O2S2/c21-19(17-9-3-1-4-10-17)15-23-13-7-8-14-24-16-20(22)18-11-5-2-6-12-18/h1-6,9-12H,7-8,13-16H2. The first-order valence-corrected chi connectivity index (χ1v) is 10.4. The molecular formula is C20H22O2S2. The Morgan fingerprint density at radius 2 is 1.00 bits per heavy atom. The van der Waals surface area contributed by atoms with E-state index in [0.717, 1.165) is 35.5 Å². The summed E-state index contributed by atoms with van der Waals surface area (Å²) in [5.74, 6) is 3.47. The summed E-state index contributed by atoms with van der Waals surface area (Å²) >= 11 is 3.38. The van der Waals surface area contributed by atoms with Gasteiger partial charge in [-0.25, -0.2) is 0 Å². The first-order chi connectivity index (χ1) is 11.8. The zero-order valence-electron chi connectivity index (χ0n) is 13.6. The van der Waals surface area contributed by atoms with Crippen LogP contribution in [0.4, 0.5) is 0 Å². The Labute approximate surface area is 152 Å². The van der Waals surface area contributed by atoms with Crippen molar-refractivity contribution >= 4 is 35.1 Å². The number of rotatable bonds is 11. The molecule has 0 radical (unpaired) electrons. The summed E-state index contributed by atoms with van der Waals surface area (Å²) in [5, 5.41) is 0. The fourth-order valence-electron chi connectivity index (χ4n) is 2.15. The number of thioether (sulfide) groups is 2. The van der Waals surface area contributed by atoms with Gasteiger partial charge >= 0.3 is 0 Å². The minimum Gasteiger partial charge on any atom is -0.293 e. The third kappa shape index (κ3) is 6.93. The Bertz CT molecular complexity index is 569. The Hall–Kier alpha value is -1.52. The number of benzene rings is 2. The van der Waals surface area contributed by atoms with Crippen molar-refractivity contribution in [3.63, 3.8) is 0 Å². The topological polar surface area (TPSA) is 34.1 Å². The van der Waals surface area contributed by atoms with Gasteiger partial charge in [0.2, 0.25) is 0 Å². The van der Waals surface area contributed by atoms with Crippen LogP contribution >= 0.6 is 23.5 Å². The van der Waals surface area contributed by atoms with E-state index in [1.54, 1.807) is 23.5 Å². The molecule has 24 heavy (non-hydrogen) atoms. The van der Waals surface area contributed by atoms with Crippen molar-refractivity contribution in [3.8, 4) is 0 Å². The predicted molar refractivity (Wildman–Crippen MR) is 105 cm³/mol. The molecule has 0 saturated carbocycles. The lowest BCUT2D eigenvalue weighted by molar-refractivity contribution is 0.101. The first kappa shape index (κ1) is 18.8. The van der Waals surface area contributed by atoms with Crippen LogP contribution in [-0.4, -0.2) is 34.6 Å². The van der Waals surface area contributed by atoms with Gasteiger partial charge in [-0.2, -0.15) is 23.5 Å². The van der Waals surface area contributed by atoms with Gasteiger partial charge in [0, 0.05) is 11.1 Å². The number of hydrogen-bond acceptors (Lipinski definition) is 4. The van der Waals surface area contributed by atoms with E-state index in [9.17, 15) is 9.59 Å². The van der Waals surface area contributed by atoms with E-state index >= 15 is 0 Å². The maximum Gasteiger partial charge on any atom is 0.172 e. The van der Waals surface area contributed by atoms with E-state index in [2.05, 4.69) is 0 Å². The van der Waals surface area contributed by atoms with Crippen molar-refractivity contribution in [1.82, 2.24) is 0 Å². The van der Waals surface area contributed by atoms with Crippen LogP contribution in [0.25, 0.3) is 0 Å². The average molecular weight is 359 g/mol. The number of hydrogen-bond donors (Lipinski definition) is 0. The molecule has 0 heterocycles. The lowest BCUT2D eigenvalue weighted by atomic mass is 10.2. The number of ketones is 2. The Morgan fingerprint density at radius 3 is 1.38 bits per heavy atom. The van der Waals surface area contributed by atoms with Crippen LogP contribution in [0.1, 0.15) is 33.6 Å². The van der Waals surface area contributed by atoms with Crippen LogP contribution < -0.4 is 0 Å². The highest BCUT2D eigenvalue weighted by atomic mass is 32.2. The molecule has 0 fully saturated rings. The summed E-state index contributed by atoms with van der Waals surface area (Å²) in [6.07, 6.45) is 2.17. The monoisotopic (exact) mass is 358 g/mol. The smallest absolute Gasteiger partial charge is 0.172 e. The molecule has 0 aliphatic rings. The van der Waals surface area contributed by atoms with E-state index in [1.165, 1.54) is 0 Å². The van der Waals surface area contributed by atoms with E-state index in [-0.39, 0.29) is 11.6 Å². The fourth-order valence-corrected chi connectivity index (χ4v) is 3.96. The van der Waals surface area contributed by atoms with E-state index < -0.39 is 0 Å². The van der Waals surface area contributed by atoms with Crippen molar-refractivity contribution < 1.29 is 9.59 Å². The number of unbranched alkanes of at least 4 members (excludes halogenated alkanes) is 1. The van der Waals surface area contributed by atoms with Gasteiger partial charge in [0.1, 0.15) is 0 Å². The Kier molecular flexibility index (Phi) is 8.71.